The van der Waals surface area contributed by atoms with Crippen LogP contribution in [0.15, 0.2) is 54.6 Å². The Kier molecular flexibility index (Phi) is 5.59. The summed E-state index contributed by atoms with van der Waals surface area (Å²) in [7, 11) is 1.53. The second-order valence-electron chi connectivity index (χ2n) is 7.77. The van der Waals surface area contributed by atoms with Crippen LogP contribution in [0.3, 0.4) is 0 Å². The smallest absolute Gasteiger partial charge is 0.258 e. The van der Waals surface area contributed by atoms with Crippen molar-refractivity contribution in [2.75, 3.05) is 13.6 Å². The highest BCUT2D eigenvalue weighted by Crippen LogP contribution is 2.31. The summed E-state index contributed by atoms with van der Waals surface area (Å²) in [5, 5.41) is 12.0. The van der Waals surface area contributed by atoms with Crippen LogP contribution < -0.4 is 0 Å². The summed E-state index contributed by atoms with van der Waals surface area (Å²) in [4.78, 5) is 29.0. The summed E-state index contributed by atoms with van der Waals surface area (Å²) < 4.78 is 27.1. The quantitative estimate of drug-likeness (QED) is 0.686. The van der Waals surface area contributed by atoms with Crippen LogP contribution in [0.5, 0.6) is 5.75 Å². The van der Waals surface area contributed by atoms with Crippen LogP contribution in [0, 0.1) is 11.6 Å². The Morgan fingerprint density at radius 2 is 1.90 bits per heavy atom. The van der Waals surface area contributed by atoms with Crippen LogP contribution in [0.2, 0.25) is 0 Å². The number of hydrogen-bond donors (Lipinski definition) is 1. The molecule has 1 aliphatic heterocycles. The van der Waals surface area contributed by atoms with Gasteiger partial charge in [-0.1, -0.05) is 36.4 Å². The summed E-state index contributed by atoms with van der Waals surface area (Å²) in [6.45, 7) is 0.352. The first-order valence-electron chi connectivity index (χ1n) is 10.1. The van der Waals surface area contributed by atoms with Crippen LogP contribution in [-0.4, -0.2) is 46.4 Å². The van der Waals surface area contributed by atoms with Gasteiger partial charge in [-0.25, -0.2) is 8.78 Å². The van der Waals surface area contributed by atoms with E-state index in [1.807, 2.05) is 12.1 Å². The largest absolute Gasteiger partial charge is 0.506 e. The van der Waals surface area contributed by atoms with Crippen LogP contribution in [-0.2, 0) is 11.3 Å². The van der Waals surface area contributed by atoms with E-state index < -0.39 is 23.6 Å². The maximum atomic E-state index is 14.0. The molecule has 0 saturated carbocycles. The molecule has 1 aliphatic rings. The zero-order valence-corrected chi connectivity index (χ0v) is 17.0. The molecule has 160 valence electrons. The van der Waals surface area contributed by atoms with Crippen molar-refractivity contribution in [1.82, 2.24) is 9.80 Å². The van der Waals surface area contributed by atoms with E-state index in [4.69, 9.17) is 0 Å². The zero-order valence-electron chi connectivity index (χ0n) is 17.0. The predicted molar refractivity (Wildman–Crippen MR) is 113 cm³/mol. The average Bonchev–Trinajstić information content (AvgIpc) is 3.25. The Balaban J connectivity index is 1.55. The summed E-state index contributed by atoms with van der Waals surface area (Å²) in [5.41, 5.74) is 0.339. The van der Waals surface area contributed by atoms with E-state index in [1.54, 1.807) is 24.3 Å². The van der Waals surface area contributed by atoms with Crippen molar-refractivity contribution in [3.05, 3.63) is 77.4 Å². The lowest BCUT2D eigenvalue weighted by atomic mass is 10.0. The molecule has 0 radical (unpaired) electrons. The number of aromatic hydroxyl groups is 1. The molecule has 0 aromatic heterocycles. The van der Waals surface area contributed by atoms with E-state index in [0.717, 1.165) is 17.5 Å². The van der Waals surface area contributed by atoms with Gasteiger partial charge < -0.3 is 14.9 Å². The van der Waals surface area contributed by atoms with E-state index in [0.29, 0.717) is 24.8 Å². The number of halogens is 2. The molecule has 0 aliphatic carbocycles. The van der Waals surface area contributed by atoms with Gasteiger partial charge in [0.25, 0.3) is 5.91 Å². The van der Waals surface area contributed by atoms with Crippen molar-refractivity contribution in [3.63, 3.8) is 0 Å². The van der Waals surface area contributed by atoms with Gasteiger partial charge in [0.2, 0.25) is 5.91 Å². The maximum Gasteiger partial charge on any atom is 0.258 e. The Morgan fingerprint density at radius 3 is 2.68 bits per heavy atom. The number of amides is 2. The second-order valence-corrected chi connectivity index (χ2v) is 7.77. The predicted octanol–water partition coefficient (Wildman–Crippen LogP) is 4.09. The molecular formula is C24H22F2N2O3. The molecule has 0 bridgehead atoms. The van der Waals surface area contributed by atoms with Gasteiger partial charge in [-0.05, 0) is 30.4 Å². The number of hydrogen-bond acceptors (Lipinski definition) is 3. The number of likely N-dealkylation sites (N-methyl/N-ethyl adjacent to an activating group) is 1. The number of carbonyl (C=O) groups is 2. The minimum absolute atomic E-state index is 0.0370. The molecule has 1 heterocycles. The standard InChI is InChI=1S/C24H22F2N2O3/c1-27(14-16-8-10-17(25)13-20(16)26)24(31)21-7-4-12-28(21)23(30)19-11-9-15-5-2-3-6-18(15)22(19)29/h2-3,5-6,8-11,13,21,29H,4,7,12,14H2,1H3. The molecule has 4 rings (SSSR count). The number of phenolic OH excluding ortho intramolecular Hbond substituents is 1. The monoisotopic (exact) mass is 424 g/mol. The molecule has 3 aromatic carbocycles. The Morgan fingerprint density at radius 1 is 1.13 bits per heavy atom. The Hall–Kier alpha value is -3.48. The van der Waals surface area contributed by atoms with Crippen LogP contribution in [0.1, 0.15) is 28.8 Å². The lowest BCUT2D eigenvalue weighted by molar-refractivity contribution is -0.134. The third-order valence-electron chi connectivity index (χ3n) is 5.73. The van der Waals surface area contributed by atoms with Gasteiger partial charge in [0.05, 0.1) is 5.56 Å². The summed E-state index contributed by atoms with van der Waals surface area (Å²) in [6.07, 6.45) is 1.13. The molecule has 1 atom stereocenters. The van der Waals surface area contributed by atoms with Gasteiger partial charge in [-0.3, -0.25) is 9.59 Å². The minimum atomic E-state index is -0.722. The number of carbonyl (C=O) groups excluding carboxylic acids is 2. The van der Waals surface area contributed by atoms with Gasteiger partial charge in [0.15, 0.2) is 0 Å². The van der Waals surface area contributed by atoms with E-state index in [2.05, 4.69) is 0 Å². The SMILES string of the molecule is CN(Cc1ccc(F)cc1F)C(=O)C1CCCN1C(=O)c1ccc2ccccc2c1O. The minimum Gasteiger partial charge on any atom is -0.506 e. The first-order valence-corrected chi connectivity index (χ1v) is 10.1. The van der Waals surface area contributed by atoms with E-state index in [1.165, 1.54) is 22.9 Å². The average molecular weight is 424 g/mol. The summed E-state index contributed by atoms with van der Waals surface area (Å²) in [5.74, 6) is -2.25. The van der Waals surface area contributed by atoms with E-state index >= 15 is 0 Å². The van der Waals surface area contributed by atoms with Gasteiger partial charge in [0.1, 0.15) is 23.4 Å². The molecule has 1 N–H and O–H groups in total. The molecule has 2 amide bonds. The highest BCUT2D eigenvalue weighted by atomic mass is 19.1. The van der Waals surface area contributed by atoms with Crippen molar-refractivity contribution in [2.45, 2.75) is 25.4 Å². The molecule has 7 heteroatoms. The second kappa shape index (κ2) is 8.34. The normalized spacial score (nSPS) is 16.0. The highest BCUT2D eigenvalue weighted by molar-refractivity contribution is 6.05. The fraction of sp³-hybridized carbons (Fsp3) is 0.250. The van der Waals surface area contributed by atoms with Crippen LogP contribution in [0.4, 0.5) is 8.78 Å². The number of rotatable bonds is 4. The molecule has 3 aromatic rings. The molecule has 1 fully saturated rings. The number of likely N-dealkylation sites (tertiary alicyclic amines) is 1. The van der Waals surface area contributed by atoms with Crippen molar-refractivity contribution >= 4 is 22.6 Å². The van der Waals surface area contributed by atoms with E-state index in [9.17, 15) is 23.5 Å². The number of fused-ring (bicyclic) bond motifs is 1. The van der Waals surface area contributed by atoms with Gasteiger partial charge in [-0.2, -0.15) is 0 Å². The molecule has 1 saturated heterocycles. The Labute approximate surface area is 178 Å². The third kappa shape index (κ3) is 3.95. The summed E-state index contributed by atoms with van der Waals surface area (Å²) >= 11 is 0. The van der Waals surface area contributed by atoms with Crippen molar-refractivity contribution in [1.29, 1.82) is 0 Å². The van der Waals surface area contributed by atoms with Gasteiger partial charge in [-0.15, -0.1) is 0 Å². The number of nitrogens with zero attached hydrogens (tertiary/aromatic N) is 2. The fourth-order valence-corrected chi connectivity index (χ4v) is 4.09. The molecule has 0 spiro atoms. The van der Waals surface area contributed by atoms with Crippen molar-refractivity contribution in [3.8, 4) is 5.75 Å². The molecule has 31 heavy (non-hydrogen) atoms. The highest BCUT2D eigenvalue weighted by Gasteiger charge is 2.37. The first kappa shape index (κ1) is 20.8. The number of phenols is 1. The Bertz CT molecular complexity index is 1160. The first-order chi connectivity index (χ1) is 14.9. The number of benzene rings is 3. The maximum absolute atomic E-state index is 14.0. The van der Waals surface area contributed by atoms with Crippen LogP contribution in [0.25, 0.3) is 10.8 Å². The lowest BCUT2D eigenvalue weighted by Crippen LogP contribution is -2.46. The lowest BCUT2D eigenvalue weighted by Gasteiger charge is -2.28. The molecule has 1 unspecified atom stereocenters. The summed E-state index contributed by atoms with van der Waals surface area (Å²) in [6, 6.07) is 13.1. The van der Waals surface area contributed by atoms with Gasteiger partial charge in [0, 0.05) is 37.2 Å². The van der Waals surface area contributed by atoms with E-state index in [-0.39, 0.29) is 29.3 Å². The van der Waals surface area contributed by atoms with Crippen LogP contribution >= 0.6 is 0 Å². The topological polar surface area (TPSA) is 60.9 Å². The van der Waals surface area contributed by atoms with Crippen molar-refractivity contribution < 1.29 is 23.5 Å². The zero-order chi connectivity index (χ0) is 22.1. The van der Waals surface area contributed by atoms with Gasteiger partial charge >= 0.3 is 0 Å². The molecular weight excluding hydrogens is 402 g/mol. The van der Waals surface area contributed by atoms with Crippen molar-refractivity contribution in [2.24, 2.45) is 0 Å². The third-order valence-corrected chi connectivity index (χ3v) is 5.73. The molecule has 5 nitrogen and oxygen atoms in total. The fourth-order valence-electron chi connectivity index (χ4n) is 4.09.